The molecule has 0 spiro atoms. The summed E-state index contributed by atoms with van der Waals surface area (Å²) in [5.41, 5.74) is 1.77. The predicted molar refractivity (Wildman–Crippen MR) is 120 cm³/mol. The highest BCUT2D eigenvalue weighted by Crippen LogP contribution is 2.19. The van der Waals surface area contributed by atoms with Gasteiger partial charge < -0.3 is 18.9 Å². The molecule has 168 valence electrons. The first-order chi connectivity index (χ1) is 16.0. The first-order valence-corrected chi connectivity index (χ1v) is 10.1. The molecule has 33 heavy (non-hydrogen) atoms. The van der Waals surface area contributed by atoms with Gasteiger partial charge in [-0.2, -0.15) is 0 Å². The van der Waals surface area contributed by atoms with Gasteiger partial charge in [-0.15, -0.1) is 0 Å². The Hall–Kier alpha value is -4.39. The van der Waals surface area contributed by atoms with Crippen molar-refractivity contribution < 1.29 is 33.3 Å². The molecule has 0 fully saturated rings. The van der Waals surface area contributed by atoms with Gasteiger partial charge in [0.2, 0.25) is 6.79 Å². The summed E-state index contributed by atoms with van der Waals surface area (Å²) in [5.74, 6) is -0.535. The second kappa shape index (κ2) is 11.3. The smallest absolute Gasteiger partial charge is 0.343 e. The summed E-state index contributed by atoms with van der Waals surface area (Å²) in [4.78, 5) is 35.6. The molecule has 0 amide bonds. The maximum Gasteiger partial charge on any atom is 0.343 e. The van der Waals surface area contributed by atoms with Crippen molar-refractivity contribution in [1.82, 2.24) is 0 Å². The quantitative estimate of drug-likeness (QED) is 0.203. The van der Waals surface area contributed by atoms with E-state index in [1.165, 1.54) is 36.4 Å². The fourth-order valence-electron chi connectivity index (χ4n) is 2.69. The molecule has 3 aromatic rings. The molecule has 0 N–H and O–H groups in total. The largest absolute Gasteiger partial charge is 0.457 e. The summed E-state index contributed by atoms with van der Waals surface area (Å²) in [6.45, 7) is 5.06. The van der Waals surface area contributed by atoms with E-state index in [0.29, 0.717) is 22.6 Å². The summed E-state index contributed by atoms with van der Waals surface area (Å²) in [6, 6.07) is 19.5. The number of carbonyl (C=O) groups is 3. The highest BCUT2D eigenvalue weighted by atomic mass is 16.7. The van der Waals surface area contributed by atoms with E-state index in [4.69, 9.17) is 18.9 Å². The molecule has 0 aromatic heterocycles. The molecule has 0 atom stereocenters. The van der Waals surface area contributed by atoms with Gasteiger partial charge in [0.15, 0.2) is 0 Å². The van der Waals surface area contributed by atoms with Crippen molar-refractivity contribution in [2.24, 2.45) is 0 Å². The van der Waals surface area contributed by atoms with Crippen LogP contribution in [0.5, 0.6) is 17.2 Å². The zero-order valence-electron chi connectivity index (χ0n) is 18.0. The van der Waals surface area contributed by atoms with Crippen molar-refractivity contribution in [2.75, 3.05) is 6.79 Å². The highest BCUT2D eigenvalue weighted by molar-refractivity contribution is 5.92. The molecule has 0 aliphatic rings. The van der Waals surface area contributed by atoms with E-state index >= 15 is 0 Å². The Morgan fingerprint density at radius 2 is 1.18 bits per heavy atom. The molecular formula is C26H22O7. The Morgan fingerprint density at radius 3 is 1.64 bits per heavy atom. The Balaban J connectivity index is 1.53. The summed E-state index contributed by atoms with van der Waals surface area (Å²) in [7, 11) is 0. The number of hydrogen-bond donors (Lipinski definition) is 0. The molecule has 0 saturated carbocycles. The predicted octanol–water partition coefficient (Wildman–Crippen LogP) is 4.75. The first kappa shape index (κ1) is 23.3. The molecule has 3 aromatic carbocycles. The lowest BCUT2D eigenvalue weighted by Gasteiger charge is -2.08. The summed E-state index contributed by atoms with van der Waals surface area (Å²) in [5, 5.41) is 0. The highest BCUT2D eigenvalue weighted by Gasteiger charge is 2.12. The molecule has 0 saturated heterocycles. The number of esters is 3. The number of aryl methyl sites for hydroxylation is 1. The van der Waals surface area contributed by atoms with Crippen LogP contribution in [0.25, 0.3) is 0 Å². The van der Waals surface area contributed by atoms with Gasteiger partial charge in [-0.3, -0.25) is 0 Å². The van der Waals surface area contributed by atoms with Gasteiger partial charge in [-0.05, 0) is 72.6 Å². The second-order valence-corrected chi connectivity index (χ2v) is 6.75. The second-order valence-electron chi connectivity index (χ2n) is 6.75. The number of rotatable bonds is 9. The van der Waals surface area contributed by atoms with E-state index in [1.54, 1.807) is 24.3 Å². The average Bonchev–Trinajstić information content (AvgIpc) is 2.85. The van der Waals surface area contributed by atoms with Gasteiger partial charge in [0.25, 0.3) is 0 Å². The first-order valence-electron chi connectivity index (χ1n) is 10.1. The minimum atomic E-state index is -0.597. The molecule has 7 heteroatoms. The number of carbonyl (C=O) groups excluding carboxylic acids is 3. The summed E-state index contributed by atoms with van der Waals surface area (Å²) < 4.78 is 20.6. The normalized spacial score (nSPS) is 10.1. The van der Waals surface area contributed by atoms with Crippen LogP contribution < -0.4 is 14.2 Å². The van der Waals surface area contributed by atoms with Gasteiger partial charge in [-0.1, -0.05) is 25.6 Å². The molecular weight excluding hydrogens is 424 g/mol. The minimum Gasteiger partial charge on any atom is -0.457 e. The maximum atomic E-state index is 12.3. The Morgan fingerprint density at radius 1 is 0.727 bits per heavy atom. The van der Waals surface area contributed by atoms with E-state index in [2.05, 4.69) is 6.58 Å². The zero-order valence-corrected chi connectivity index (χ0v) is 18.0. The lowest BCUT2D eigenvalue weighted by atomic mass is 10.2. The van der Waals surface area contributed by atoms with Crippen molar-refractivity contribution in [3.63, 3.8) is 0 Å². The Bertz CT molecular complexity index is 1110. The van der Waals surface area contributed by atoms with Gasteiger partial charge >= 0.3 is 17.9 Å². The molecule has 0 aliphatic carbocycles. The average molecular weight is 446 g/mol. The SMILES string of the molecule is C=CC(=O)OCOc1ccc(C(=O)Oc2ccc(C(=O)Oc3ccc(CC)cc3)cc2)cc1. The van der Waals surface area contributed by atoms with Crippen molar-refractivity contribution in [1.29, 1.82) is 0 Å². The van der Waals surface area contributed by atoms with Gasteiger partial charge in [-0.25, -0.2) is 14.4 Å². The van der Waals surface area contributed by atoms with Crippen LogP contribution in [0.1, 0.15) is 33.2 Å². The molecule has 7 nitrogen and oxygen atoms in total. The van der Waals surface area contributed by atoms with E-state index in [-0.39, 0.29) is 12.5 Å². The van der Waals surface area contributed by atoms with Gasteiger partial charge in [0.05, 0.1) is 11.1 Å². The van der Waals surface area contributed by atoms with Crippen LogP contribution in [0.2, 0.25) is 0 Å². The molecule has 3 rings (SSSR count). The Kier molecular flexibility index (Phi) is 7.96. The third-order valence-electron chi connectivity index (χ3n) is 4.53. The van der Waals surface area contributed by atoms with Crippen LogP contribution >= 0.6 is 0 Å². The van der Waals surface area contributed by atoms with E-state index < -0.39 is 17.9 Å². The van der Waals surface area contributed by atoms with E-state index in [9.17, 15) is 14.4 Å². The third kappa shape index (κ3) is 6.80. The number of hydrogen-bond acceptors (Lipinski definition) is 7. The number of ether oxygens (including phenoxy) is 4. The van der Waals surface area contributed by atoms with Crippen LogP contribution in [-0.4, -0.2) is 24.7 Å². The lowest BCUT2D eigenvalue weighted by molar-refractivity contribution is -0.144. The van der Waals surface area contributed by atoms with Gasteiger partial charge in [0.1, 0.15) is 17.2 Å². The fourth-order valence-corrected chi connectivity index (χ4v) is 2.69. The van der Waals surface area contributed by atoms with E-state index in [1.807, 2.05) is 19.1 Å². The maximum absolute atomic E-state index is 12.3. The fraction of sp³-hybridized carbons (Fsp3) is 0.115. The molecule has 0 unspecified atom stereocenters. The molecule has 0 radical (unpaired) electrons. The third-order valence-corrected chi connectivity index (χ3v) is 4.53. The van der Waals surface area contributed by atoms with Crippen LogP contribution in [0.4, 0.5) is 0 Å². The zero-order chi connectivity index (χ0) is 23.6. The summed E-state index contributed by atoms with van der Waals surface area (Å²) >= 11 is 0. The van der Waals surface area contributed by atoms with Crippen molar-refractivity contribution in [3.05, 3.63) is 102 Å². The molecule has 0 heterocycles. The molecule has 0 aliphatic heterocycles. The van der Waals surface area contributed by atoms with Crippen LogP contribution in [0.3, 0.4) is 0 Å². The Labute approximate surface area is 191 Å². The van der Waals surface area contributed by atoms with Gasteiger partial charge in [0, 0.05) is 6.08 Å². The minimum absolute atomic E-state index is 0.270. The van der Waals surface area contributed by atoms with Crippen molar-refractivity contribution in [2.45, 2.75) is 13.3 Å². The van der Waals surface area contributed by atoms with Crippen LogP contribution in [0, 0.1) is 0 Å². The van der Waals surface area contributed by atoms with Crippen molar-refractivity contribution in [3.8, 4) is 17.2 Å². The topological polar surface area (TPSA) is 88.1 Å². The van der Waals surface area contributed by atoms with E-state index in [0.717, 1.165) is 18.1 Å². The standard InChI is InChI=1S/C26H22O7/c1-3-18-5-11-22(12-6-18)32-26(29)20-9-15-23(16-10-20)33-25(28)19-7-13-21(14-8-19)30-17-31-24(27)4-2/h4-16H,2-3,17H2,1H3. The van der Waals surface area contributed by atoms with Crippen molar-refractivity contribution >= 4 is 17.9 Å². The lowest BCUT2D eigenvalue weighted by Crippen LogP contribution is -2.10. The van der Waals surface area contributed by atoms with Crippen LogP contribution in [0.15, 0.2) is 85.5 Å². The monoisotopic (exact) mass is 446 g/mol. The molecule has 0 bridgehead atoms. The van der Waals surface area contributed by atoms with Crippen LogP contribution in [-0.2, 0) is 16.0 Å². The number of benzene rings is 3. The summed E-state index contributed by atoms with van der Waals surface area (Å²) in [6.07, 6.45) is 1.93.